The summed E-state index contributed by atoms with van der Waals surface area (Å²) in [5, 5.41) is 3.41. The number of benzene rings is 1. The third-order valence-electron chi connectivity index (χ3n) is 2.72. The van der Waals surface area contributed by atoms with Gasteiger partial charge in [-0.1, -0.05) is 32.0 Å². The van der Waals surface area contributed by atoms with E-state index >= 15 is 0 Å². The second kappa shape index (κ2) is 6.65. The molecule has 0 amide bonds. The topological polar surface area (TPSA) is 21.3 Å². The molecule has 0 atom stereocenters. The largest absolute Gasteiger partial charge is 0.486 e. The third kappa shape index (κ3) is 4.78. The third-order valence-corrected chi connectivity index (χ3v) is 2.72. The lowest BCUT2D eigenvalue weighted by molar-refractivity contribution is 0.107. The van der Waals surface area contributed by atoms with E-state index in [0.717, 1.165) is 31.7 Å². The second-order valence-corrected chi connectivity index (χ2v) is 5.00. The molecule has 1 aromatic carbocycles. The molecule has 0 saturated heterocycles. The Labute approximate surface area is 105 Å². The molecule has 2 heteroatoms. The van der Waals surface area contributed by atoms with Crippen molar-refractivity contribution in [2.24, 2.45) is 0 Å². The highest BCUT2D eigenvalue weighted by molar-refractivity contribution is 5.33. The molecule has 0 aromatic heterocycles. The minimum absolute atomic E-state index is 0.166. The second-order valence-electron chi connectivity index (χ2n) is 5.00. The summed E-state index contributed by atoms with van der Waals surface area (Å²) in [5.74, 6) is 1.01. The molecule has 0 saturated carbocycles. The van der Waals surface area contributed by atoms with E-state index in [1.807, 2.05) is 6.07 Å². The Bertz CT molecular complexity index is 333. The Kier molecular flexibility index (Phi) is 5.49. The van der Waals surface area contributed by atoms with E-state index in [9.17, 15) is 0 Å². The van der Waals surface area contributed by atoms with Crippen molar-refractivity contribution in [3.63, 3.8) is 0 Å². The van der Waals surface area contributed by atoms with Crippen LogP contribution in [-0.4, -0.2) is 18.7 Å². The van der Waals surface area contributed by atoms with Gasteiger partial charge >= 0.3 is 0 Å². The van der Waals surface area contributed by atoms with Crippen molar-refractivity contribution >= 4 is 0 Å². The number of hydrogen-bond donors (Lipinski definition) is 1. The molecular formula is C15H25NO. The molecule has 17 heavy (non-hydrogen) atoms. The van der Waals surface area contributed by atoms with Gasteiger partial charge in [-0.25, -0.2) is 0 Å². The minimum Gasteiger partial charge on any atom is -0.486 e. The van der Waals surface area contributed by atoms with E-state index in [-0.39, 0.29) is 5.60 Å². The summed E-state index contributed by atoms with van der Waals surface area (Å²) < 4.78 is 6.11. The Morgan fingerprint density at radius 2 is 1.88 bits per heavy atom. The fourth-order valence-corrected chi connectivity index (χ4v) is 1.80. The Morgan fingerprint density at radius 1 is 1.18 bits per heavy atom. The van der Waals surface area contributed by atoms with Gasteiger partial charge < -0.3 is 10.1 Å². The van der Waals surface area contributed by atoms with Crippen LogP contribution in [0.3, 0.4) is 0 Å². The molecule has 0 fully saturated rings. The predicted molar refractivity (Wildman–Crippen MR) is 73.7 cm³/mol. The molecule has 96 valence electrons. The van der Waals surface area contributed by atoms with Crippen molar-refractivity contribution in [3.05, 3.63) is 29.8 Å². The lowest BCUT2D eigenvalue weighted by Crippen LogP contribution is -2.40. The average Bonchev–Trinajstić information content (AvgIpc) is 2.29. The smallest absolute Gasteiger partial charge is 0.123 e. The molecule has 1 rings (SSSR count). The summed E-state index contributed by atoms with van der Waals surface area (Å²) in [4.78, 5) is 0. The highest BCUT2D eigenvalue weighted by Crippen LogP contribution is 2.23. The van der Waals surface area contributed by atoms with Gasteiger partial charge in [-0.2, -0.15) is 0 Å². The van der Waals surface area contributed by atoms with E-state index in [1.165, 1.54) is 5.56 Å². The Morgan fingerprint density at radius 3 is 2.53 bits per heavy atom. The van der Waals surface area contributed by atoms with E-state index in [0.29, 0.717) is 0 Å². The zero-order valence-corrected chi connectivity index (χ0v) is 11.5. The van der Waals surface area contributed by atoms with Crippen molar-refractivity contribution in [2.45, 2.75) is 46.1 Å². The highest BCUT2D eigenvalue weighted by Gasteiger charge is 2.20. The van der Waals surface area contributed by atoms with Crippen LogP contribution in [-0.2, 0) is 6.42 Å². The Balaban J connectivity index is 2.62. The molecule has 0 aliphatic carbocycles. The standard InChI is InChI=1S/C15H25NO/c1-5-11-16-12-15(3,4)17-14-10-8-7-9-13(14)6-2/h7-10,16H,5-6,11-12H2,1-4H3. The van der Waals surface area contributed by atoms with Gasteiger partial charge in [0.25, 0.3) is 0 Å². The number of rotatable bonds is 7. The van der Waals surface area contributed by atoms with Gasteiger partial charge in [-0.05, 0) is 44.9 Å². The first-order chi connectivity index (χ1) is 8.09. The number of ether oxygens (including phenoxy) is 1. The molecule has 0 aliphatic rings. The summed E-state index contributed by atoms with van der Waals surface area (Å²) in [6.07, 6.45) is 2.16. The molecule has 0 bridgehead atoms. The van der Waals surface area contributed by atoms with Crippen LogP contribution in [0.15, 0.2) is 24.3 Å². The fraction of sp³-hybridized carbons (Fsp3) is 0.600. The summed E-state index contributed by atoms with van der Waals surface area (Å²) >= 11 is 0. The molecule has 0 spiro atoms. The van der Waals surface area contributed by atoms with Crippen molar-refractivity contribution in [1.82, 2.24) is 5.32 Å². The first-order valence-electron chi connectivity index (χ1n) is 6.56. The van der Waals surface area contributed by atoms with Crippen molar-refractivity contribution < 1.29 is 4.74 Å². The quantitative estimate of drug-likeness (QED) is 0.731. The molecule has 0 radical (unpaired) electrons. The van der Waals surface area contributed by atoms with E-state index < -0.39 is 0 Å². The number of aryl methyl sites for hydroxylation is 1. The van der Waals surface area contributed by atoms with Crippen LogP contribution < -0.4 is 10.1 Å². The molecule has 2 nitrogen and oxygen atoms in total. The molecule has 0 aliphatic heterocycles. The maximum Gasteiger partial charge on any atom is 0.123 e. The molecule has 1 N–H and O–H groups in total. The lowest BCUT2D eigenvalue weighted by Gasteiger charge is -2.28. The van der Waals surface area contributed by atoms with E-state index in [4.69, 9.17) is 4.74 Å². The van der Waals surface area contributed by atoms with E-state index in [2.05, 4.69) is 51.2 Å². The van der Waals surface area contributed by atoms with Gasteiger partial charge in [0.2, 0.25) is 0 Å². The fourth-order valence-electron chi connectivity index (χ4n) is 1.80. The number of hydrogen-bond acceptors (Lipinski definition) is 2. The summed E-state index contributed by atoms with van der Waals surface area (Å²) in [5.41, 5.74) is 1.11. The van der Waals surface area contributed by atoms with Gasteiger partial charge in [-0.3, -0.25) is 0 Å². The molecule has 0 heterocycles. The molecule has 1 aromatic rings. The Hall–Kier alpha value is -1.02. The van der Waals surface area contributed by atoms with Gasteiger partial charge in [0.05, 0.1) is 0 Å². The maximum atomic E-state index is 6.11. The lowest BCUT2D eigenvalue weighted by atomic mass is 10.1. The number of para-hydroxylation sites is 1. The number of nitrogens with one attached hydrogen (secondary N) is 1. The van der Waals surface area contributed by atoms with Gasteiger partial charge in [0.15, 0.2) is 0 Å². The average molecular weight is 235 g/mol. The van der Waals surface area contributed by atoms with Crippen LogP contribution in [0.5, 0.6) is 5.75 Å². The van der Waals surface area contributed by atoms with Crippen LogP contribution in [0.1, 0.15) is 39.7 Å². The molecule has 0 unspecified atom stereocenters. The molecular weight excluding hydrogens is 210 g/mol. The minimum atomic E-state index is -0.166. The van der Waals surface area contributed by atoms with Crippen molar-refractivity contribution in [2.75, 3.05) is 13.1 Å². The summed E-state index contributed by atoms with van der Waals surface area (Å²) in [7, 11) is 0. The van der Waals surface area contributed by atoms with Crippen LogP contribution in [0.4, 0.5) is 0 Å². The summed E-state index contributed by atoms with van der Waals surface area (Å²) in [6.45, 7) is 10.5. The van der Waals surface area contributed by atoms with Gasteiger partial charge in [-0.15, -0.1) is 0 Å². The summed E-state index contributed by atoms with van der Waals surface area (Å²) in [6, 6.07) is 8.28. The van der Waals surface area contributed by atoms with Crippen LogP contribution in [0.25, 0.3) is 0 Å². The predicted octanol–water partition coefficient (Wildman–Crippen LogP) is 3.41. The SMILES string of the molecule is CCCNCC(C)(C)Oc1ccccc1CC. The van der Waals surface area contributed by atoms with Gasteiger partial charge in [0, 0.05) is 6.54 Å². The van der Waals surface area contributed by atoms with Crippen LogP contribution in [0.2, 0.25) is 0 Å². The van der Waals surface area contributed by atoms with Gasteiger partial charge in [0.1, 0.15) is 11.4 Å². The monoisotopic (exact) mass is 235 g/mol. The maximum absolute atomic E-state index is 6.11. The van der Waals surface area contributed by atoms with E-state index in [1.54, 1.807) is 0 Å². The van der Waals surface area contributed by atoms with Crippen LogP contribution >= 0.6 is 0 Å². The highest BCUT2D eigenvalue weighted by atomic mass is 16.5. The first kappa shape index (κ1) is 14.0. The zero-order chi connectivity index (χ0) is 12.7. The normalized spacial score (nSPS) is 11.5. The zero-order valence-electron chi connectivity index (χ0n) is 11.5. The van der Waals surface area contributed by atoms with Crippen molar-refractivity contribution in [3.8, 4) is 5.75 Å². The van der Waals surface area contributed by atoms with Crippen LogP contribution in [0, 0.1) is 0 Å². The van der Waals surface area contributed by atoms with Crippen molar-refractivity contribution in [1.29, 1.82) is 0 Å². The first-order valence-corrected chi connectivity index (χ1v) is 6.56.